The minimum atomic E-state index is -2.06. The highest BCUT2D eigenvalue weighted by Gasteiger charge is 2.51. The third-order valence-corrected chi connectivity index (χ3v) is 7.61. The van der Waals surface area contributed by atoms with Crippen LogP contribution < -0.4 is 5.32 Å². The first-order chi connectivity index (χ1) is 22.1. The number of likely N-dealkylation sites (tertiary alicyclic amines) is 1. The molecule has 2 N–H and O–H groups in total. The fourth-order valence-corrected chi connectivity index (χ4v) is 5.04. The third-order valence-electron chi connectivity index (χ3n) is 7.61. The van der Waals surface area contributed by atoms with Crippen LogP contribution in [0, 0.1) is 0 Å². The van der Waals surface area contributed by atoms with Crippen LogP contribution in [0.15, 0.2) is 60.7 Å². The van der Waals surface area contributed by atoms with Gasteiger partial charge < -0.3 is 10.4 Å². The first-order valence-corrected chi connectivity index (χ1v) is 15.8. The van der Waals surface area contributed by atoms with Gasteiger partial charge in [-0.3, -0.25) is 38.5 Å². The molecule has 0 radical (unpaired) electrons. The largest absolute Gasteiger partial charge is 0.379 e. The molecule has 1 saturated heterocycles. The number of hydrogen-bond acceptors (Lipinski definition) is 8. The number of aliphatic hydroxyl groups is 1. The Hall–Kier alpha value is -4.13. The fraction of sp³-hybridized carbons (Fsp3) is 0.500. The second kappa shape index (κ2) is 18.7. The Kier molecular flexibility index (Phi) is 14.8. The zero-order valence-electron chi connectivity index (χ0n) is 26.8. The van der Waals surface area contributed by atoms with Crippen molar-refractivity contribution in [3.63, 3.8) is 0 Å². The van der Waals surface area contributed by atoms with Crippen molar-refractivity contribution >= 4 is 29.5 Å². The molecule has 46 heavy (non-hydrogen) atoms. The van der Waals surface area contributed by atoms with Gasteiger partial charge >= 0.3 is 0 Å². The molecular formula is C34H46N4O8. The van der Waals surface area contributed by atoms with E-state index < -0.39 is 36.2 Å². The Balaban J connectivity index is 1.29. The van der Waals surface area contributed by atoms with E-state index in [1.807, 2.05) is 60.7 Å². The molecule has 5 amide bonds. The summed E-state index contributed by atoms with van der Waals surface area (Å²) >= 11 is 0. The van der Waals surface area contributed by atoms with Crippen LogP contribution in [0.2, 0.25) is 0 Å². The molecule has 2 aromatic rings. The summed E-state index contributed by atoms with van der Waals surface area (Å²) in [4.78, 5) is 74.0. The summed E-state index contributed by atoms with van der Waals surface area (Å²) in [6.45, 7) is 4.68. The minimum absolute atomic E-state index is 0.124. The van der Waals surface area contributed by atoms with Gasteiger partial charge in [-0.25, -0.2) is 10.1 Å². The molecular weight excluding hydrogens is 592 g/mol. The molecule has 0 saturated carbocycles. The van der Waals surface area contributed by atoms with Crippen LogP contribution in [-0.2, 0) is 46.9 Å². The van der Waals surface area contributed by atoms with E-state index in [9.17, 15) is 29.1 Å². The standard InChI is InChI=1S/C34H46N4O8/c1-27(39)37(45-25-29-15-7-3-8-16-29)21-13-5-11-19-35-31(41)23-34(44)24-32(42)36(33(34)43)20-12-6-14-22-38(28(2)40)46-26-30-17-9-4-10-18-30/h3-4,7-10,15-18,44H,5-6,11-14,19-26H2,1-2H3,(H,35,41). The van der Waals surface area contributed by atoms with Crippen molar-refractivity contribution in [2.75, 3.05) is 26.2 Å². The number of carbonyl (C=O) groups excluding carboxylic acids is 5. The fourth-order valence-electron chi connectivity index (χ4n) is 5.04. The summed E-state index contributed by atoms with van der Waals surface area (Å²) in [6.07, 6.45) is 2.80. The van der Waals surface area contributed by atoms with Crippen molar-refractivity contribution in [3.8, 4) is 0 Å². The molecule has 1 unspecified atom stereocenters. The molecule has 2 aromatic carbocycles. The van der Waals surface area contributed by atoms with E-state index in [4.69, 9.17) is 9.68 Å². The maximum Gasteiger partial charge on any atom is 0.262 e. The van der Waals surface area contributed by atoms with Crippen LogP contribution in [-0.4, -0.2) is 81.4 Å². The summed E-state index contributed by atoms with van der Waals surface area (Å²) in [5, 5.41) is 16.2. The Labute approximate surface area is 270 Å². The van der Waals surface area contributed by atoms with Gasteiger partial charge in [0.2, 0.25) is 23.6 Å². The lowest BCUT2D eigenvalue weighted by Crippen LogP contribution is -2.44. The van der Waals surface area contributed by atoms with E-state index in [1.165, 1.54) is 24.0 Å². The number of rotatable bonds is 20. The lowest BCUT2D eigenvalue weighted by Gasteiger charge is -2.22. The Morgan fingerprint density at radius 3 is 1.78 bits per heavy atom. The Bertz CT molecular complexity index is 1290. The second-order valence-electron chi connectivity index (χ2n) is 11.5. The van der Waals surface area contributed by atoms with Crippen LogP contribution in [0.4, 0.5) is 0 Å². The van der Waals surface area contributed by atoms with Crippen molar-refractivity contribution < 1.29 is 38.8 Å². The zero-order valence-corrected chi connectivity index (χ0v) is 26.8. The highest BCUT2D eigenvalue weighted by molar-refractivity contribution is 6.09. The van der Waals surface area contributed by atoms with Gasteiger partial charge in [0.1, 0.15) is 13.2 Å². The normalized spacial score (nSPS) is 16.0. The van der Waals surface area contributed by atoms with E-state index in [1.54, 1.807) is 0 Å². The number of carbonyl (C=O) groups is 5. The average molecular weight is 639 g/mol. The van der Waals surface area contributed by atoms with E-state index in [0.29, 0.717) is 58.3 Å². The van der Waals surface area contributed by atoms with Gasteiger partial charge in [0, 0.05) is 40.0 Å². The molecule has 1 aliphatic heterocycles. The summed E-state index contributed by atoms with van der Waals surface area (Å²) < 4.78 is 0. The summed E-state index contributed by atoms with van der Waals surface area (Å²) in [6, 6.07) is 19.1. The van der Waals surface area contributed by atoms with Gasteiger partial charge in [0.25, 0.3) is 5.91 Å². The van der Waals surface area contributed by atoms with Crippen LogP contribution in [0.5, 0.6) is 0 Å². The third kappa shape index (κ3) is 12.0. The van der Waals surface area contributed by atoms with Gasteiger partial charge in [-0.2, -0.15) is 0 Å². The summed E-state index contributed by atoms with van der Waals surface area (Å²) in [5.74, 6) is -2.19. The quantitative estimate of drug-likeness (QED) is 0.128. The molecule has 0 aromatic heterocycles. The summed E-state index contributed by atoms with van der Waals surface area (Å²) in [7, 11) is 0. The van der Waals surface area contributed by atoms with Crippen molar-refractivity contribution in [3.05, 3.63) is 71.8 Å². The number of hydrogen-bond donors (Lipinski definition) is 2. The number of nitrogens with zero attached hydrogens (tertiary/aromatic N) is 3. The SMILES string of the molecule is CC(=O)N(CCCCCNC(=O)CC1(O)CC(=O)N(CCCCCN(OCc2ccccc2)C(C)=O)C1=O)OCc1ccccc1. The van der Waals surface area contributed by atoms with Crippen molar-refractivity contribution in [1.29, 1.82) is 0 Å². The second-order valence-corrected chi connectivity index (χ2v) is 11.5. The molecule has 12 heteroatoms. The number of unbranched alkanes of at least 4 members (excludes halogenated alkanes) is 4. The molecule has 1 atom stereocenters. The molecule has 0 aliphatic carbocycles. The van der Waals surface area contributed by atoms with E-state index in [0.717, 1.165) is 22.4 Å². The molecule has 1 aliphatic rings. The van der Waals surface area contributed by atoms with Gasteiger partial charge in [-0.15, -0.1) is 0 Å². The van der Waals surface area contributed by atoms with E-state index in [-0.39, 0.29) is 25.0 Å². The van der Waals surface area contributed by atoms with Gasteiger partial charge in [-0.1, -0.05) is 60.7 Å². The first kappa shape index (κ1) is 36.3. The number of nitrogens with one attached hydrogen (secondary N) is 1. The lowest BCUT2D eigenvalue weighted by molar-refractivity contribution is -0.189. The maximum absolute atomic E-state index is 12.9. The molecule has 0 bridgehead atoms. The van der Waals surface area contributed by atoms with Gasteiger partial charge in [0.15, 0.2) is 5.60 Å². The smallest absolute Gasteiger partial charge is 0.262 e. The molecule has 1 fully saturated rings. The highest BCUT2D eigenvalue weighted by Crippen LogP contribution is 2.28. The Morgan fingerprint density at radius 1 is 0.783 bits per heavy atom. The minimum Gasteiger partial charge on any atom is -0.379 e. The number of imide groups is 1. The van der Waals surface area contributed by atoms with Crippen LogP contribution in [0.1, 0.15) is 76.3 Å². The predicted molar refractivity (Wildman–Crippen MR) is 169 cm³/mol. The van der Waals surface area contributed by atoms with E-state index >= 15 is 0 Å². The number of benzene rings is 2. The van der Waals surface area contributed by atoms with Gasteiger partial charge in [0.05, 0.1) is 12.8 Å². The highest BCUT2D eigenvalue weighted by atomic mass is 16.7. The van der Waals surface area contributed by atoms with Crippen LogP contribution in [0.3, 0.4) is 0 Å². The summed E-state index contributed by atoms with van der Waals surface area (Å²) in [5.41, 5.74) is -0.155. The van der Waals surface area contributed by atoms with E-state index in [2.05, 4.69) is 5.32 Å². The van der Waals surface area contributed by atoms with Crippen molar-refractivity contribution in [1.82, 2.24) is 20.3 Å². The van der Waals surface area contributed by atoms with Crippen LogP contribution >= 0.6 is 0 Å². The predicted octanol–water partition coefficient (Wildman–Crippen LogP) is 3.28. The number of hydroxylamine groups is 4. The molecule has 1 heterocycles. The molecule has 3 rings (SSSR count). The number of amides is 5. The van der Waals surface area contributed by atoms with Crippen LogP contribution in [0.25, 0.3) is 0 Å². The molecule has 0 spiro atoms. The van der Waals surface area contributed by atoms with Crippen molar-refractivity contribution in [2.24, 2.45) is 0 Å². The maximum atomic E-state index is 12.9. The first-order valence-electron chi connectivity index (χ1n) is 15.8. The Morgan fingerprint density at radius 2 is 1.28 bits per heavy atom. The lowest BCUT2D eigenvalue weighted by atomic mass is 9.97. The van der Waals surface area contributed by atoms with Crippen molar-refractivity contribution in [2.45, 2.75) is 84.0 Å². The average Bonchev–Trinajstić information content (AvgIpc) is 3.24. The molecule has 250 valence electrons. The van der Waals surface area contributed by atoms with Gasteiger partial charge in [-0.05, 0) is 49.7 Å². The monoisotopic (exact) mass is 638 g/mol. The molecule has 12 nitrogen and oxygen atoms in total. The zero-order chi connectivity index (χ0) is 33.4. The topological polar surface area (TPSA) is 146 Å².